The van der Waals surface area contributed by atoms with E-state index in [-0.39, 0.29) is 12.4 Å². The van der Waals surface area contributed by atoms with Crippen LogP contribution in [0.4, 0.5) is 4.39 Å². The molecule has 21 heavy (non-hydrogen) atoms. The molecule has 0 saturated carbocycles. The highest BCUT2D eigenvalue weighted by molar-refractivity contribution is 5.77. The van der Waals surface area contributed by atoms with E-state index in [0.717, 1.165) is 11.0 Å². The fourth-order valence-electron chi connectivity index (χ4n) is 2.54. The van der Waals surface area contributed by atoms with Gasteiger partial charge in [0.25, 0.3) is 0 Å². The molecular weight excluding hydrogens is 265 g/mol. The van der Waals surface area contributed by atoms with Crippen molar-refractivity contribution in [2.75, 3.05) is 0 Å². The summed E-state index contributed by atoms with van der Waals surface area (Å²) in [4.78, 5) is 4.40. The molecule has 3 nitrogen and oxygen atoms in total. The van der Waals surface area contributed by atoms with E-state index in [0.29, 0.717) is 17.7 Å². The van der Waals surface area contributed by atoms with Crippen molar-refractivity contribution in [1.82, 2.24) is 9.55 Å². The predicted octanol–water partition coefficient (Wildman–Crippen LogP) is 3.30. The van der Waals surface area contributed by atoms with Gasteiger partial charge in [0.2, 0.25) is 0 Å². The first-order chi connectivity index (χ1) is 10.1. The van der Waals surface area contributed by atoms with E-state index >= 15 is 0 Å². The van der Waals surface area contributed by atoms with Crippen LogP contribution in [-0.4, -0.2) is 9.55 Å². The number of benzene rings is 2. The van der Waals surface area contributed by atoms with Crippen molar-refractivity contribution >= 4 is 11.0 Å². The van der Waals surface area contributed by atoms with Gasteiger partial charge in [-0.2, -0.15) is 0 Å². The normalized spacial score (nSPS) is 11.2. The summed E-state index contributed by atoms with van der Waals surface area (Å²) in [6, 6.07) is 9.52. The van der Waals surface area contributed by atoms with Crippen LogP contribution in [0, 0.1) is 19.7 Å². The minimum Gasteiger partial charge on any atom is -0.326 e. The molecule has 0 spiro atoms. The fraction of sp³-hybridized carbons (Fsp3) is 0.235. The number of aryl methyl sites for hydroxylation is 2. The van der Waals surface area contributed by atoms with Gasteiger partial charge in [-0.05, 0) is 37.1 Å². The number of imidazole rings is 1. The Morgan fingerprint density at radius 1 is 1.14 bits per heavy atom. The Morgan fingerprint density at radius 2 is 1.86 bits per heavy atom. The molecule has 0 bridgehead atoms. The van der Waals surface area contributed by atoms with Gasteiger partial charge in [0.05, 0.1) is 23.9 Å². The molecule has 0 aliphatic rings. The van der Waals surface area contributed by atoms with Crippen molar-refractivity contribution in [3.8, 4) is 0 Å². The Hall–Kier alpha value is -2.20. The van der Waals surface area contributed by atoms with Crippen LogP contribution in [0.15, 0.2) is 36.7 Å². The summed E-state index contributed by atoms with van der Waals surface area (Å²) in [7, 11) is 0. The number of halogens is 1. The van der Waals surface area contributed by atoms with Crippen LogP contribution in [0.2, 0.25) is 0 Å². The third-order valence-corrected chi connectivity index (χ3v) is 3.96. The van der Waals surface area contributed by atoms with E-state index in [2.05, 4.69) is 31.0 Å². The molecule has 0 atom stereocenters. The zero-order valence-corrected chi connectivity index (χ0v) is 12.2. The van der Waals surface area contributed by atoms with Crippen molar-refractivity contribution < 1.29 is 4.39 Å². The van der Waals surface area contributed by atoms with Gasteiger partial charge < -0.3 is 10.3 Å². The van der Waals surface area contributed by atoms with Gasteiger partial charge in [0, 0.05) is 17.7 Å². The quantitative estimate of drug-likeness (QED) is 0.801. The fourth-order valence-corrected chi connectivity index (χ4v) is 2.54. The van der Waals surface area contributed by atoms with Gasteiger partial charge in [-0.1, -0.05) is 18.2 Å². The molecule has 2 aromatic carbocycles. The SMILES string of the molecule is Cc1cc2ncn(Cc3cccc(CN)c3F)c2cc1C. The maximum Gasteiger partial charge on any atom is 0.132 e. The summed E-state index contributed by atoms with van der Waals surface area (Å²) in [6.07, 6.45) is 1.76. The second-order valence-electron chi connectivity index (χ2n) is 5.39. The van der Waals surface area contributed by atoms with E-state index in [1.54, 1.807) is 18.5 Å². The summed E-state index contributed by atoms with van der Waals surface area (Å²) < 4.78 is 16.3. The average Bonchev–Trinajstić information content (AvgIpc) is 2.84. The molecule has 0 aliphatic carbocycles. The molecule has 0 saturated heterocycles. The van der Waals surface area contributed by atoms with E-state index in [1.165, 1.54) is 11.1 Å². The number of hydrogen-bond donors (Lipinski definition) is 1. The van der Waals surface area contributed by atoms with Crippen LogP contribution >= 0.6 is 0 Å². The minimum atomic E-state index is -0.217. The van der Waals surface area contributed by atoms with Crippen molar-refractivity contribution in [3.05, 3.63) is 64.7 Å². The van der Waals surface area contributed by atoms with Crippen molar-refractivity contribution in [3.63, 3.8) is 0 Å². The molecule has 0 unspecified atom stereocenters. The molecule has 4 heteroatoms. The second-order valence-corrected chi connectivity index (χ2v) is 5.39. The van der Waals surface area contributed by atoms with Crippen LogP contribution in [0.5, 0.6) is 0 Å². The lowest BCUT2D eigenvalue weighted by molar-refractivity contribution is 0.586. The lowest BCUT2D eigenvalue weighted by atomic mass is 10.1. The maximum absolute atomic E-state index is 14.3. The summed E-state index contributed by atoms with van der Waals surface area (Å²) in [5, 5.41) is 0. The highest BCUT2D eigenvalue weighted by Gasteiger charge is 2.10. The highest BCUT2D eigenvalue weighted by atomic mass is 19.1. The van der Waals surface area contributed by atoms with E-state index < -0.39 is 0 Å². The number of rotatable bonds is 3. The number of nitrogens with two attached hydrogens (primary N) is 1. The van der Waals surface area contributed by atoms with Crippen LogP contribution in [0.3, 0.4) is 0 Å². The zero-order valence-electron chi connectivity index (χ0n) is 12.2. The average molecular weight is 283 g/mol. The molecule has 3 aromatic rings. The molecule has 0 radical (unpaired) electrons. The molecule has 0 aliphatic heterocycles. The summed E-state index contributed by atoms with van der Waals surface area (Å²) >= 11 is 0. The van der Waals surface area contributed by atoms with E-state index in [4.69, 9.17) is 5.73 Å². The predicted molar refractivity (Wildman–Crippen MR) is 82.6 cm³/mol. The molecule has 3 rings (SSSR count). The van der Waals surface area contributed by atoms with Crippen LogP contribution < -0.4 is 5.73 Å². The van der Waals surface area contributed by atoms with Crippen molar-refractivity contribution in [1.29, 1.82) is 0 Å². The second kappa shape index (κ2) is 5.30. The van der Waals surface area contributed by atoms with Crippen molar-refractivity contribution in [2.45, 2.75) is 26.9 Å². The van der Waals surface area contributed by atoms with Crippen LogP contribution in [0.25, 0.3) is 11.0 Å². The smallest absolute Gasteiger partial charge is 0.132 e. The van der Waals surface area contributed by atoms with Crippen LogP contribution in [-0.2, 0) is 13.1 Å². The zero-order chi connectivity index (χ0) is 15.0. The first kappa shape index (κ1) is 13.8. The topological polar surface area (TPSA) is 43.8 Å². The highest BCUT2D eigenvalue weighted by Crippen LogP contribution is 2.21. The summed E-state index contributed by atoms with van der Waals surface area (Å²) in [6.45, 7) is 4.81. The number of hydrogen-bond acceptors (Lipinski definition) is 2. The maximum atomic E-state index is 14.3. The molecule has 2 N–H and O–H groups in total. The molecule has 0 fully saturated rings. The lowest BCUT2D eigenvalue weighted by Crippen LogP contribution is -2.06. The third-order valence-electron chi connectivity index (χ3n) is 3.96. The summed E-state index contributed by atoms with van der Waals surface area (Å²) in [5.74, 6) is -0.217. The number of nitrogens with zero attached hydrogens (tertiary/aromatic N) is 2. The van der Waals surface area contributed by atoms with Crippen LogP contribution in [0.1, 0.15) is 22.3 Å². The molecule has 0 amide bonds. The van der Waals surface area contributed by atoms with Gasteiger partial charge >= 0.3 is 0 Å². The third kappa shape index (κ3) is 2.43. The monoisotopic (exact) mass is 283 g/mol. The van der Waals surface area contributed by atoms with E-state index in [9.17, 15) is 4.39 Å². The molecule has 108 valence electrons. The Morgan fingerprint density at radius 3 is 2.62 bits per heavy atom. The van der Waals surface area contributed by atoms with E-state index in [1.807, 2.05) is 10.6 Å². The van der Waals surface area contributed by atoms with Gasteiger partial charge in [0.1, 0.15) is 5.82 Å². The first-order valence-electron chi connectivity index (χ1n) is 6.98. The number of fused-ring (bicyclic) bond motifs is 1. The molecular formula is C17H18FN3. The Labute approximate surface area is 123 Å². The van der Waals surface area contributed by atoms with Gasteiger partial charge in [-0.3, -0.25) is 0 Å². The largest absolute Gasteiger partial charge is 0.326 e. The van der Waals surface area contributed by atoms with Gasteiger partial charge in [-0.25, -0.2) is 9.37 Å². The Bertz CT molecular complexity index is 805. The van der Waals surface area contributed by atoms with Crippen molar-refractivity contribution in [2.24, 2.45) is 5.73 Å². The van der Waals surface area contributed by atoms with Gasteiger partial charge in [0.15, 0.2) is 0 Å². The molecule has 1 heterocycles. The minimum absolute atomic E-state index is 0.211. The van der Waals surface area contributed by atoms with Gasteiger partial charge in [-0.15, -0.1) is 0 Å². The standard InChI is InChI=1S/C17H18FN3/c1-11-6-15-16(7-12(11)2)21(10-20-15)9-14-5-3-4-13(8-19)17(14)18/h3-7,10H,8-9,19H2,1-2H3. The Kier molecular flexibility index (Phi) is 3.47. The molecule has 1 aromatic heterocycles. The number of aromatic nitrogens is 2. The Balaban J connectivity index is 2.04. The first-order valence-corrected chi connectivity index (χ1v) is 6.98. The lowest BCUT2D eigenvalue weighted by Gasteiger charge is -2.09. The summed E-state index contributed by atoms with van der Waals surface area (Å²) in [5.41, 5.74) is 11.1.